The third kappa shape index (κ3) is 2.54. The van der Waals surface area contributed by atoms with E-state index in [4.69, 9.17) is 9.47 Å². The molecule has 1 aromatic rings. The topological polar surface area (TPSA) is 108 Å². The van der Waals surface area contributed by atoms with E-state index in [-0.39, 0.29) is 43.7 Å². The summed E-state index contributed by atoms with van der Waals surface area (Å²) in [6, 6.07) is 4.83. The molecule has 4 rings (SSSR count). The van der Waals surface area contributed by atoms with E-state index >= 15 is 0 Å². The van der Waals surface area contributed by atoms with Crippen molar-refractivity contribution in [1.82, 2.24) is 5.32 Å². The summed E-state index contributed by atoms with van der Waals surface area (Å²) in [5, 5.41) is 14.4. The van der Waals surface area contributed by atoms with Crippen molar-refractivity contribution >= 4 is 17.3 Å². The number of carbonyl (C=O) groups excluding carboxylic acids is 2. The summed E-state index contributed by atoms with van der Waals surface area (Å²) < 4.78 is 10.6. The summed E-state index contributed by atoms with van der Waals surface area (Å²) in [6.07, 6.45) is 0. The van der Waals surface area contributed by atoms with Gasteiger partial charge in [0.25, 0.3) is 5.69 Å². The fourth-order valence-electron chi connectivity index (χ4n) is 3.68. The zero-order chi connectivity index (χ0) is 18.4. The summed E-state index contributed by atoms with van der Waals surface area (Å²) in [4.78, 5) is 36.0. The normalized spacial score (nSPS) is 20.7. The number of nitro groups is 1. The first-order chi connectivity index (χ1) is 12.5. The van der Waals surface area contributed by atoms with E-state index in [0.29, 0.717) is 33.7 Å². The number of dihydropyridines is 1. The molecule has 0 saturated heterocycles. The number of nitrogens with zero attached hydrogens (tertiary/aromatic N) is 1. The highest BCUT2D eigenvalue weighted by Gasteiger charge is 2.41. The Morgan fingerprint density at radius 1 is 1.04 bits per heavy atom. The Morgan fingerprint density at radius 3 is 2.15 bits per heavy atom. The van der Waals surface area contributed by atoms with Crippen LogP contribution in [0.5, 0.6) is 0 Å². The molecular weight excluding hydrogens is 340 g/mol. The fourth-order valence-corrected chi connectivity index (χ4v) is 3.68. The molecule has 1 aromatic carbocycles. The third-order valence-corrected chi connectivity index (χ3v) is 4.85. The highest BCUT2D eigenvalue weighted by molar-refractivity contribution is 6.07. The zero-order valence-electron chi connectivity index (χ0n) is 14.0. The van der Waals surface area contributed by atoms with Crippen LogP contribution < -0.4 is 5.32 Å². The average Bonchev–Trinajstić information content (AvgIpc) is 2.61. The average molecular weight is 356 g/mol. The molecule has 3 aliphatic heterocycles. The summed E-state index contributed by atoms with van der Waals surface area (Å²) in [6.45, 7) is 1.95. The molecule has 0 saturated carbocycles. The number of hydrogen-bond acceptors (Lipinski definition) is 7. The van der Waals surface area contributed by atoms with Gasteiger partial charge in [-0.3, -0.25) is 19.7 Å². The highest BCUT2D eigenvalue weighted by Crippen LogP contribution is 2.42. The van der Waals surface area contributed by atoms with E-state index in [1.54, 1.807) is 19.1 Å². The largest absolute Gasteiger partial charge is 0.367 e. The molecule has 3 aliphatic rings. The predicted octanol–water partition coefficient (Wildman–Crippen LogP) is 1.30. The molecule has 0 amide bonds. The first-order valence-corrected chi connectivity index (χ1v) is 8.17. The standard InChI is InChI=1S/C18H16N2O6/c1-9-2-3-10(4-13(9)20(23)24)16-17-11(5-25-7-14(17)21)19-12-6-26-8-15(22)18(12)16/h2-4,16,19H,5-8H2,1H3. The van der Waals surface area contributed by atoms with Crippen LogP contribution in [0.4, 0.5) is 5.69 Å². The summed E-state index contributed by atoms with van der Waals surface area (Å²) in [7, 11) is 0. The molecule has 0 fully saturated rings. The summed E-state index contributed by atoms with van der Waals surface area (Å²) >= 11 is 0. The van der Waals surface area contributed by atoms with Gasteiger partial charge >= 0.3 is 0 Å². The van der Waals surface area contributed by atoms with Gasteiger partial charge in [0, 0.05) is 40.1 Å². The van der Waals surface area contributed by atoms with Crippen LogP contribution in [-0.4, -0.2) is 42.9 Å². The second-order valence-electron chi connectivity index (χ2n) is 6.48. The van der Waals surface area contributed by atoms with E-state index in [9.17, 15) is 19.7 Å². The van der Waals surface area contributed by atoms with Crippen LogP contribution in [0.1, 0.15) is 17.0 Å². The number of benzene rings is 1. The smallest absolute Gasteiger partial charge is 0.272 e. The van der Waals surface area contributed by atoms with Gasteiger partial charge in [-0.1, -0.05) is 12.1 Å². The molecule has 8 heteroatoms. The van der Waals surface area contributed by atoms with E-state index in [1.165, 1.54) is 6.07 Å². The van der Waals surface area contributed by atoms with E-state index in [0.717, 1.165) is 0 Å². The van der Waals surface area contributed by atoms with Crippen molar-refractivity contribution in [1.29, 1.82) is 0 Å². The first kappa shape index (κ1) is 16.6. The molecule has 8 nitrogen and oxygen atoms in total. The number of ketones is 2. The van der Waals surface area contributed by atoms with Gasteiger partial charge in [-0.15, -0.1) is 0 Å². The fraction of sp³-hybridized carbons (Fsp3) is 0.333. The minimum Gasteiger partial charge on any atom is -0.367 e. The SMILES string of the molecule is Cc1ccc(C2C3=C(COCC3=O)NC3=C2C(=O)COC3)cc1[N+](=O)[O-]. The number of nitro benzene ring substituents is 1. The lowest BCUT2D eigenvalue weighted by molar-refractivity contribution is -0.385. The molecule has 1 N–H and O–H groups in total. The van der Waals surface area contributed by atoms with Crippen LogP contribution in [0.25, 0.3) is 0 Å². The van der Waals surface area contributed by atoms with Gasteiger partial charge in [0.05, 0.1) is 18.1 Å². The molecule has 0 atom stereocenters. The Morgan fingerprint density at radius 2 is 1.62 bits per heavy atom. The molecule has 3 heterocycles. The Labute approximate surface area is 148 Å². The number of aryl methyl sites for hydroxylation is 1. The van der Waals surface area contributed by atoms with Crippen LogP contribution in [0.2, 0.25) is 0 Å². The number of ether oxygens (including phenoxy) is 2. The maximum absolute atomic E-state index is 12.6. The number of carbonyl (C=O) groups is 2. The Bertz CT molecular complexity index is 872. The van der Waals surface area contributed by atoms with Gasteiger partial charge in [0.15, 0.2) is 11.6 Å². The summed E-state index contributed by atoms with van der Waals surface area (Å²) in [5.74, 6) is -1.09. The molecule has 0 spiro atoms. The summed E-state index contributed by atoms with van der Waals surface area (Å²) in [5.41, 5.74) is 3.11. The first-order valence-electron chi connectivity index (χ1n) is 8.17. The Hall–Kier alpha value is -2.84. The lowest BCUT2D eigenvalue weighted by atomic mass is 9.76. The lowest BCUT2D eigenvalue weighted by Gasteiger charge is -2.36. The Balaban J connectivity index is 1.93. The molecule has 134 valence electrons. The molecule has 0 unspecified atom stereocenters. The molecular formula is C18H16N2O6. The quantitative estimate of drug-likeness (QED) is 0.628. The van der Waals surface area contributed by atoms with Gasteiger partial charge in [-0.25, -0.2) is 0 Å². The van der Waals surface area contributed by atoms with Gasteiger partial charge in [-0.2, -0.15) is 0 Å². The number of Topliss-reactive ketones (excluding diaryl/α,β-unsaturated/α-hetero) is 2. The van der Waals surface area contributed by atoms with E-state index < -0.39 is 10.8 Å². The van der Waals surface area contributed by atoms with Crippen LogP contribution in [0, 0.1) is 17.0 Å². The maximum atomic E-state index is 12.6. The van der Waals surface area contributed by atoms with E-state index in [2.05, 4.69) is 5.32 Å². The molecule has 0 aliphatic carbocycles. The van der Waals surface area contributed by atoms with Crippen molar-refractivity contribution in [2.75, 3.05) is 26.4 Å². The second kappa shape index (κ2) is 6.15. The van der Waals surface area contributed by atoms with Crippen molar-refractivity contribution in [3.63, 3.8) is 0 Å². The highest BCUT2D eigenvalue weighted by atomic mass is 16.6. The number of rotatable bonds is 2. The molecule has 0 radical (unpaired) electrons. The molecule has 26 heavy (non-hydrogen) atoms. The van der Waals surface area contributed by atoms with Gasteiger partial charge in [-0.05, 0) is 12.5 Å². The predicted molar refractivity (Wildman–Crippen MR) is 89.4 cm³/mol. The zero-order valence-corrected chi connectivity index (χ0v) is 14.0. The monoisotopic (exact) mass is 356 g/mol. The van der Waals surface area contributed by atoms with Crippen LogP contribution >= 0.6 is 0 Å². The van der Waals surface area contributed by atoms with Crippen molar-refractivity contribution < 1.29 is 24.0 Å². The molecule has 0 bridgehead atoms. The molecule has 0 aromatic heterocycles. The number of hydrogen-bond donors (Lipinski definition) is 1. The van der Waals surface area contributed by atoms with Crippen molar-refractivity contribution in [3.05, 3.63) is 62.0 Å². The van der Waals surface area contributed by atoms with E-state index in [1.807, 2.05) is 0 Å². The van der Waals surface area contributed by atoms with Crippen molar-refractivity contribution in [3.8, 4) is 0 Å². The Kier molecular flexibility index (Phi) is 3.93. The van der Waals surface area contributed by atoms with Gasteiger partial charge < -0.3 is 14.8 Å². The van der Waals surface area contributed by atoms with Gasteiger partial charge in [0.2, 0.25) is 0 Å². The minimum absolute atomic E-state index is 0.0376. The van der Waals surface area contributed by atoms with Crippen LogP contribution in [0.15, 0.2) is 40.7 Å². The lowest BCUT2D eigenvalue weighted by Crippen LogP contribution is -2.42. The minimum atomic E-state index is -0.645. The second-order valence-corrected chi connectivity index (χ2v) is 6.48. The van der Waals surface area contributed by atoms with Crippen LogP contribution in [0.3, 0.4) is 0 Å². The number of nitrogens with one attached hydrogen (secondary N) is 1. The van der Waals surface area contributed by atoms with Crippen molar-refractivity contribution in [2.24, 2.45) is 0 Å². The maximum Gasteiger partial charge on any atom is 0.272 e. The third-order valence-electron chi connectivity index (χ3n) is 4.85. The van der Waals surface area contributed by atoms with Crippen LogP contribution in [-0.2, 0) is 19.1 Å². The van der Waals surface area contributed by atoms with Crippen molar-refractivity contribution in [2.45, 2.75) is 12.8 Å². The van der Waals surface area contributed by atoms with Gasteiger partial charge in [0.1, 0.15) is 13.2 Å².